The van der Waals surface area contributed by atoms with Crippen LogP contribution >= 0.6 is 0 Å². The molecule has 1 rings (SSSR count). The van der Waals surface area contributed by atoms with Gasteiger partial charge in [-0.25, -0.2) is 8.42 Å². The second-order valence-electron chi connectivity index (χ2n) is 5.17. The molecule has 0 fully saturated rings. The maximum Gasteiger partial charge on any atom is 0.241 e. The number of sulfone groups is 1. The van der Waals surface area contributed by atoms with Crippen molar-refractivity contribution in [2.75, 3.05) is 12.8 Å². The average Bonchev–Trinajstić information content (AvgIpc) is 2.41. The Hall–Kier alpha value is -1.84. The molecule has 0 spiro atoms. The molecule has 3 N–H and O–H groups in total. The molecule has 0 saturated heterocycles. The molecule has 0 atom stereocenters. The van der Waals surface area contributed by atoms with E-state index in [1.807, 2.05) is 24.3 Å². The van der Waals surface area contributed by atoms with Gasteiger partial charge >= 0.3 is 0 Å². The van der Waals surface area contributed by atoms with Gasteiger partial charge in [0, 0.05) is 18.4 Å². The van der Waals surface area contributed by atoms with E-state index in [9.17, 15) is 13.2 Å². The van der Waals surface area contributed by atoms with Crippen molar-refractivity contribution in [1.82, 2.24) is 5.32 Å². The SMILES string of the molecule is CC(C)(C(=O)NCc1cccc(C#CCN)c1)S(C)(=O)=O. The molecule has 21 heavy (non-hydrogen) atoms. The van der Waals surface area contributed by atoms with Gasteiger partial charge in [-0.3, -0.25) is 4.79 Å². The van der Waals surface area contributed by atoms with E-state index in [0.29, 0.717) is 0 Å². The first kappa shape index (κ1) is 17.2. The molecular formula is C15H20N2O3S. The lowest BCUT2D eigenvalue weighted by atomic mass is 10.1. The molecule has 0 heterocycles. The third kappa shape index (κ3) is 4.59. The van der Waals surface area contributed by atoms with Crippen molar-refractivity contribution in [3.05, 3.63) is 35.4 Å². The summed E-state index contributed by atoms with van der Waals surface area (Å²) in [6.07, 6.45) is 1.05. The molecule has 0 unspecified atom stereocenters. The Balaban J connectivity index is 2.78. The third-order valence-corrected chi connectivity index (χ3v) is 5.23. The highest BCUT2D eigenvalue weighted by molar-refractivity contribution is 7.92. The van der Waals surface area contributed by atoms with Crippen LogP contribution < -0.4 is 11.1 Å². The highest BCUT2D eigenvalue weighted by atomic mass is 32.2. The molecule has 0 saturated carbocycles. The topological polar surface area (TPSA) is 89.3 Å². The van der Waals surface area contributed by atoms with Crippen LogP contribution in [0.4, 0.5) is 0 Å². The molecule has 0 radical (unpaired) electrons. The minimum absolute atomic E-state index is 0.246. The van der Waals surface area contributed by atoms with Gasteiger partial charge in [-0.15, -0.1) is 0 Å². The van der Waals surface area contributed by atoms with E-state index in [-0.39, 0.29) is 13.1 Å². The van der Waals surface area contributed by atoms with Gasteiger partial charge in [-0.2, -0.15) is 0 Å². The maximum atomic E-state index is 12.0. The number of carbonyl (C=O) groups excluding carboxylic acids is 1. The van der Waals surface area contributed by atoms with Crippen LogP contribution in [-0.4, -0.2) is 31.9 Å². The Morgan fingerprint density at radius 2 is 2.05 bits per heavy atom. The lowest BCUT2D eigenvalue weighted by molar-refractivity contribution is -0.123. The van der Waals surface area contributed by atoms with Crippen molar-refractivity contribution in [2.24, 2.45) is 5.73 Å². The summed E-state index contributed by atoms with van der Waals surface area (Å²) in [7, 11) is -3.47. The highest BCUT2D eigenvalue weighted by Gasteiger charge is 2.38. The fourth-order valence-corrected chi connectivity index (χ4v) is 1.88. The zero-order chi connectivity index (χ0) is 16.1. The van der Waals surface area contributed by atoms with Gasteiger partial charge in [-0.05, 0) is 31.5 Å². The smallest absolute Gasteiger partial charge is 0.241 e. The molecule has 0 aliphatic heterocycles. The summed E-state index contributed by atoms with van der Waals surface area (Å²) in [5.74, 6) is 5.13. The first-order chi connectivity index (χ1) is 9.68. The van der Waals surface area contributed by atoms with Gasteiger partial charge in [0.1, 0.15) is 4.75 Å². The van der Waals surface area contributed by atoms with Crippen LogP contribution in [-0.2, 0) is 21.2 Å². The number of hydrogen-bond acceptors (Lipinski definition) is 4. The van der Waals surface area contributed by atoms with E-state index in [1.165, 1.54) is 13.8 Å². The number of nitrogens with two attached hydrogens (primary N) is 1. The number of benzene rings is 1. The Kier molecular flexibility index (Phi) is 5.53. The maximum absolute atomic E-state index is 12.0. The zero-order valence-corrected chi connectivity index (χ0v) is 13.3. The molecule has 0 aliphatic carbocycles. The van der Waals surface area contributed by atoms with Crippen molar-refractivity contribution >= 4 is 15.7 Å². The van der Waals surface area contributed by atoms with Gasteiger partial charge in [-0.1, -0.05) is 24.0 Å². The van der Waals surface area contributed by atoms with Crippen molar-refractivity contribution in [3.8, 4) is 11.8 Å². The third-order valence-electron chi connectivity index (χ3n) is 3.19. The average molecular weight is 308 g/mol. The number of amides is 1. The Labute approximate surface area is 125 Å². The van der Waals surface area contributed by atoms with Gasteiger partial charge in [0.05, 0.1) is 6.54 Å². The van der Waals surface area contributed by atoms with Crippen LogP contribution in [0.2, 0.25) is 0 Å². The van der Waals surface area contributed by atoms with E-state index in [2.05, 4.69) is 17.2 Å². The Morgan fingerprint density at radius 3 is 2.62 bits per heavy atom. The second-order valence-corrected chi connectivity index (χ2v) is 7.74. The molecule has 1 aromatic rings. The lowest BCUT2D eigenvalue weighted by Gasteiger charge is -2.21. The second kappa shape index (κ2) is 6.74. The summed E-state index contributed by atoms with van der Waals surface area (Å²) in [5, 5.41) is 2.64. The standard InChI is InChI=1S/C15H20N2O3S/c1-15(2,21(3,19)20)14(18)17-11-13-7-4-6-12(10-13)8-5-9-16/h4,6-7,10H,9,11,16H2,1-3H3,(H,17,18). The monoisotopic (exact) mass is 308 g/mol. The summed E-state index contributed by atoms with van der Waals surface area (Å²) in [4.78, 5) is 12.0. The number of hydrogen-bond donors (Lipinski definition) is 2. The predicted octanol–water partition coefficient (Wildman–Crippen LogP) is 0.436. The lowest BCUT2D eigenvalue weighted by Crippen LogP contribution is -2.47. The van der Waals surface area contributed by atoms with Crippen LogP contribution in [0.3, 0.4) is 0 Å². The van der Waals surface area contributed by atoms with Crippen LogP contribution in [0.1, 0.15) is 25.0 Å². The van der Waals surface area contributed by atoms with Gasteiger partial charge in [0.15, 0.2) is 9.84 Å². The Bertz CT molecular complexity index is 682. The summed E-state index contributed by atoms with van der Waals surface area (Å²) >= 11 is 0. The van der Waals surface area contributed by atoms with Crippen LogP contribution in [0.15, 0.2) is 24.3 Å². The van der Waals surface area contributed by atoms with Crippen molar-refractivity contribution in [1.29, 1.82) is 0 Å². The molecule has 0 bridgehead atoms. The number of carbonyl (C=O) groups is 1. The Morgan fingerprint density at radius 1 is 1.38 bits per heavy atom. The van der Waals surface area contributed by atoms with Gasteiger partial charge < -0.3 is 11.1 Å². The first-order valence-electron chi connectivity index (χ1n) is 6.44. The normalized spacial score (nSPS) is 11.4. The molecular weight excluding hydrogens is 288 g/mol. The van der Waals surface area contributed by atoms with Crippen molar-refractivity contribution in [2.45, 2.75) is 25.1 Å². The van der Waals surface area contributed by atoms with Gasteiger partial charge in [0.25, 0.3) is 0 Å². The van der Waals surface area contributed by atoms with Crippen LogP contribution in [0.25, 0.3) is 0 Å². The first-order valence-corrected chi connectivity index (χ1v) is 8.33. The van der Waals surface area contributed by atoms with Crippen molar-refractivity contribution < 1.29 is 13.2 Å². The van der Waals surface area contributed by atoms with Gasteiger partial charge in [0.2, 0.25) is 5.91 Å². The molecule has 1 amide bonds. The quantitative estimate of drug-likeness (QED) is 0.790. The minimum Gasteiger partial charge on any atom is -0.351 e. The zero-order valence-electron chi connectivity index (χ0n) is 12.4. The molecule has 1 aromatic carbocycles. The number of rotatable bonds is 4. The van der Waals surface area contributed by atoms with E-state index in [4.69, 9.17) is 5.73 Å². The predicted molar refractivity (Wildman–Crippen MR) is 83.1 cm³/mol. The van der Waals surface area contributed by atoms with E-state index >= 15 is 0 Å². The molecule has 0 aromatic heterocycles. The largest absolute Gasteiger partial charge is 0.351 e. The number of nitrogens with one attached hydrogen (secondary N) is 1. The minimum atomic E-state index is -3.47. The molecule has 5 nitrogen and oxygen atoms in total. The summed E-state index contributed by atoms with van der Waals surface area (Å²) in [6.45, 7) is 3.31. The summed E-state index contributed by atoms with van der Waals surface area (Å²) in [5.41, 5.74) is 6.96. The van der Waals surface area contributed by atoms with E-state index in [0.717, 1.165) is 17.4 Å². The fraction of sp³-hybridized carbons (Fsp3) is 0.400. The summed E-state index contributed by atoms with van der Waals surface area (Å²) in [6, 6.07) is 7.33. The van der Waals surface area contributed by atoms with Crippen molar-refractivity contribution in [3.63, 3.8) is 0 Å². The van der Waals surface area contributed by atoms with E-state index < -0.39 is 20.5 Å². The molecule has 6 heteroatoms. The van der Waals surface area contributed by atoms with E-state index in [1.54, 1.807) is 0 Å². The van der Waals surface area contributed by atoms with Crippen LogP contribution in [0, 0.1) is 11.8 Å². The highest BCUT2D eigenvalue weighted by Crippen LogP contribution is 2.15. The molecule has 114 valence electrons. The fourth-order valence-electron chi connectivity index (χ4n) is 1.48. The van der Waals surface area contributed by atoms with Crippen LogP contribution in [0.5, 0.6) is 0 Å². The molecule has 0 aliphatic rings. The summed E-state index contributed by atoms with van der Waals surface area (Å²) < 4.78 is 21.7.